The molecule has 1 amide bonds. The van der Waals surface area contributed by atoms with Gasteiger partial charge < -0.3 is 11.1 Å². The monoisotopic (exact) mass is 313 g/mol. The fourth-order valence-corrected chi connectivity index (χ4v) is 2.19. The topological polar surface area (TPSA) is 98.3 Å². The van der Waals surface area contributed by atoms with Crippen molar-refractivity contribution >= 4 is 28.9 Å². The minimum atomic E-state index is -0.546. The van der Waals surface area contributed by atoms with E-state index < -0.39 is 4.92 Å². The van der Waals surface area contributed by atoms with Crippen molar-refractivity contribution in [2.45, 2.75) is 33.1 Å². The highest BCUT2D eigenvalue weighted by Gasteiger charge is 2.16. The van der Waals surface area contributed by atoms with Crippen LogP contribution in [-0.2, 0) is 4.79 Å². The van der Waals surface area contributed by atoms with Crippen molar-refractivity contribution in [2.24, 2.45) is 11.7 Å². The maximum Gasteiger partial charge on any atom is 0.288 e. The first-order chi connectivity index (χ1) is 9.85. The Labute approximate surface area is 128 Å². The van der Waals surface area contributed by atoms with Crippen LogP contribution in [0.5, 0.6) is 0 Å². The molecule has 1 aromatic carbocycles. The van der Waals surface area contributed by atoms with E-state index in [2.05, 4.69) is 5.32 Å². The Morgan fingerprint density at radius 1 is 1.48 bits per heavy atom. The number of nitrogens with zero attached hydrogens (tertiary/aromatic N) is 1. The van der Waals surface area contributed by atoms with Crippen LogP contribution in [0, 0.1) is 23.0 Å². The van der Waals surface area contributed by atoms with Crippen molar-refractivity contribution in [3.8, 4) is 0 Å². The molecular formula is C14H20ClN3O3. The first-order valence-corrected chi connectivity index (χ1v) is 7.17. The molecule has 7 heteroatoms. The lowest BCUT2D eigenvalue weighted by molar-refractivity contribution is -0.384. The number of halogens is 1. The van der Waals surface area contributed by atoms with E-state index in [-0.39, 0.29) is 16.6 Å². The summed E-state index contributed by atoms with van der Waals surface area (Å²) in [5.74, 6) is 0.259. The van der Waals surface area contributed by atoms with Gasteiger partial charge in [0.2, 0.25) is 5.91 Å². The molecule has 0 spiro atoms. The van der Waals surface area contributed by atoms with Crippen LogP contribution in [0.2, 0.25) is 5.02 Å². The number of hydrogen-bond donors (Lipinski definition) is 2. The maximum absolute atomic E-state index is 11.9. The molecule has 0 aliphatic heterocycles. The standard InChI is InChI=1S/C14H20ClN3O3/c1-9(5-6-16)3-4-14(19)17-12-8-11(15)13(18(20)21)7-10(12)2/h7-9H,3-6,16H2,1-2H3,(H,17,19). The third-order valence-electron chi connectivity index (χ3n) is 3.29. The summed E-state index contributed by atoms with van der Waals surface area (Å²) in [6.07, 6.45) is 2.02. The number of carbonyl (C=O) groups excluding carboxylic acids is 1. The highest BCUT2D eigenvalue weighted by molar-refractivity contribution is 6.33. The van der Waals surface area contributed by atoms with Crippen molar-refractivity contribution in [1.29, 1.82) is 0 Å². The molecule has 6 nitrogen and oxygen atoms in total. The van der Waals surface area contributed by atoms with Crippen molar-refractivity contribution < 1.29 is 9.72 Å². The number of rotatable bonds is 7. The van der Waals surface area contributed by atoms with E-state index >= 15 is 0 Å². The lowest BCUT2D eigenvalue weighted by Crippen LogP contribution is -2.14. The minimum Gasteiger partial charge on any atom is -0.330 e. The van der Waals surface area contributed by atoms with Crippen LogP contribution < -0.4 is 11.1 Å². The number of nitro benzene ring substituents is 1. The van der Waals surface area contributed by atoms with Gasteiger partial charge in [0.1, 0.15) is 5.02 Å². The van der Waals surface area contributed by atoms with Gasteiger partial charge in [0.25, 0.3) is 5.69 Å². The number of amides is 1. The molecule has 0 bridgehead atoms. The summed E-state index contributed by atoms with van der Waals surface area (Å²) in [5.41, 5.74) is 6.41. The van der Waals surface area contributed by atoms with E-state index in [1.807, 2.05) is 6.92 Å². The fourth-order valence-electron chi connectivity index (χ4n) is 1.96. The average Bonchev–Trinajstić information content (AvgIpc) is 2.40. The van der Waals surface area contributed by atoms with Gasteiger partial charge in [-0.2, -0.15) is 0 Å². The van der Waals surface area contributed by atoms with Crippen LogP contribution in [0.3, 0.4) is 0 Å². The van der Waals surface area contributed by atoms with Gasteiger partial charge in [-0.25, -0.2) is 0 Å². The van der Waals surface area contributed by atoms with Gasteiger partial charge in [0.15, 0.2) is 0 Å². The molecule has 1 aromatic rings. The van der Waals surface area contributed by atoms with Gasteiger partial charge in [-0.05, 0) is 43.9 Å². The zero-order valence-corrected chi connectivity index (χ0v) is 12.9. The van der Waals surface area contributed by atoms with Gasteiger partial charge in [-0.15, -0.1) is 0 Å². The van der Waals surface area contributed by atoms with Crippen LogP contribution in [0.15, 0.2) is 12.1 Å². The summed E-state index contributed by atoms with van der Waals surface area (Å²) in [7, 11) is 0. The molecule has 0 aromatic heterocycles. The van der Waals surface area contributed by atoms with E-state index in [9.17, 15) is 14.9 Å². The Kier molecular flexibility index (Phi) is 6.58. The molecule has 0 saturated heterocycles. The predicted molar refractivity (Wildman–Crippen MR) is 83.5 cm³/mol. The SMILES string of the molecule is Cc1cc([N+](=O)[O-])c(Cl)cc1NC(=O)CCC(C)CCN. The normalized spacial score (nSPS) is 12.0. The van der Waals surface area contributed by atoms with E-state index in [1.165, 1.54) is 12.1 Å². The molecule has 1 rings (SSSR count). The Bertz CT molecular complexity index is 534. The second-order valence-electron chi connectivity index (χ2n) is 5.15. The van der Waals surface area contributed by atoms with Gasteiger partial charge >= 0.3 is 0 Å². The number of benzene rings is 1. The quantitative estimate of drug-likeness (QED) is 0.596. The summed E-state index contributed by atoms with van der Waals surface area (Å²) in [6, 6.07) is 2.77. The summed E-state index contributed by atoms with van der Waals surface area (Å²) < 4.78 is 0. The van der Waals surface area contributed by atoms with Gasteiger partial charge in [-0.1, -0.05) is 18.5 Å². The van der Waals surface area contributed by atoms with Crippen molar-refractivity contribution in [3.63, 3.8) is 0 Å². The van der Waals surface area contributed by atoms with Crippen LogP contribution in [-0.4, -0.2) is 17.4 Å². The number of hydrogen-bond acceptors (Lipinski definition) is 4. The average molecular weight is 314 g/mol. The number of aryl methyl sites for hydroxylation is 1. The molecule has 0 radical (unpaired) electrons. The van der Waals surface area contributed by atoms with Crippen molar-refractivity contribution in [2.75, 3.05) is 11.9 Å². The van der Waals surface area contributed by atoms with Gasteiger partial charge in [0, 0.05) is 18.2 Å². The van der Waals surface area contributed by atoms with E-state index in [1.54, 1.807) is 6.92 Å². The summed E-state index contributed by atoms with van der Waals surface area (Å²) in [4.78, 5) is 22.1. The zero-order chi connectivity index (χ0) is 16.0. The van der Waals surface area contributed by atoms with Crippen molar-refractivity contribution in [3.05, 3.63) is 32.8 Å². The van der Waals surface area contributed by atoms with Crippen LogP contribution in [0.1, 0.15) is 31.7 Å². The smallest absolute Gasteiger partial charge is 0.288 e. The molecule has 0 saturated carbocycles. The third-order valence-corrected chi connectivity index (χ3v) is 3.59. The predicted octanol–water partition coefficient (Wildman–Crippen LogP) is 3.26. The van der Waals surface area contributed by atoms with E-state index in [0.717, 1.165) is 12.8 Å². The molecule has 3 N–H and O–H groups in total. The molecule has 0 aliphatic carbocycles. The molecule has 116 valence electrons. The first kappa shape index (κ1) is 17.4. The summed E-state index contributed by atoms with van der Waals surface area (Å²) in [5, 5.41) is 13.5. The molecule has 21 heavy (non-hydrogen) atoms. The molecule has 0 fully saturated rings. The Morgan fingerprint density at radius 3 is 2.71 bits per heavy atom. The minimum absolute atomic E-state index is 0.0115. The summed E-state index contributed by atoms with van der Waals surface area (Å²) in [6.45, 7) is 4.35. The third kappa shape index (κ3) is 5.32. The van der Waals surface area contributed by atoms with E-state index in [4.69, 9.17) is 17.3 Å². The maximum atomic E-state index is 11.9. The van der Waals surface area contributed by atoms with Crippen LogP contribution in [0.25, 0.3) is 0 Å². The Morgan fingerprint density at radius 2 is 2.14 bits per heavy atom. The highest BCUT2D eigenvalue weighted by atomic mass is 35.5. The highest BCUT2D eigenvalue weighted by Crippen LogP contribution is 2.30. The van der Waals surface area contributed by atoms with Gasteiger partial charge in [-0.3, -0.25) is 14.9 Å². The number of carbonyl (C=O) groups is 1. The van der Waals surface area contributed by atoms with Crippen LogP contribution >= 0.6 is 11.6 Å². The Balaban J connectivity index is 2.68. The number of nitro groups is 1. The second-order valence-corrected chi connectivity index (χ2v) is 5.55. The lowest BCUT2D eigenvalue weighted by atomic mass is 10.0. The first-order valence-electron chi connectivity index (χ1n) is 6.79. The van der Waals surface area contributed by atoms with Gasteiger partial charge in [0.05, 0.1) is 4.92 Å². The van der Waals surface area contributed by atoms with Crippen LogP contribution in [0.4, 0.5) is 11.4 Å². The Hall–Kier alpha value is -1.66. The molecule has 0 aliphatic rings. The second kappa shape index (κ2) is 7.95. The largest absolute Gasteiger partial charge is 0.330 e. The molecule has 1 atom stereocenters. The molecule has 1 unspecified atom stereocenters. The zero-order valence-electron chi connectivity index (χ0n) is 12.2. The number of anilines is 1. The van der Waals surface area contributed by atoms with Crippen molar-refractivity contribution in [1.82, 2.24) is 0 Å². The number of nitrogens with one attached hydrogen (secondary N) is 1. The lowest BCUT2D eigenvalue weighted by Gasteiger charge is -2.11. The molecule has 0 heterocycles. The fraction of sp³-hybridized carbons (Fsp3) is 0.500. The van der Waals surface area contributed by atoms with E-state index in [0.29, 0.717) is 30.1 Å². The summed E-state index contributed by atoms with van der Waals surface area (Å²) >= 11 is 5.84. The number of nitrogens with two attached hydrogens (primary N) is 1. The molecular weight excluding hydrogens is 294 g/mol.